The van der Waals surface area contributed by atoms with Gasteiger partial charge in [0.1, 0.15) is 0 Å². The van der Waals surface area contributed by atoms with Gasteiger partial charge in [0.15, 0.2) is 5.82 Å². The second-order valence-corrected chi connectivity index (χ2v) is 9.55. The van der Waals surface area contributed by atoms with Gasteiger partial charge in [-0.2, -0.15) is 5.10 Å². The van der Waals surface area contributed by atoms with Gasteiger partial charge in [0.2, 0.25) is 0 Å². The molecule has 3 N–H and O–H groups in total. The number of hydrogen-bond donors (Lipinski definition) is 3. The SMILES string of the molecule is CC1(C)c2[nH]nc(NC(=O)c3ccccc3)c2CN1C(=O)NC1CCN(Cc2ccccc2)C1. The van der Waals surface area contributed by atoms with Crippen LogP contribution in [-0.4, -0.2) is 51.1 Å². The van der Waals surface area contributed by atoms with Crippen molar-refractivity contribution in [3.8, 4) is 0 Å². The predicted molar refractivity (Wildman–Crippen MR) is 130 cm³/mol. The van der Waals surface area contributed by atoms with Gasteiger partial charge in [-0.1, -0.05) is 48.5 Å². The number of urea groups is 1. The zero-order valence-electron chi connectivity index (χ0n) is 19.5. The molecule has 1 saturated heterocycles. The van der Waals surface area contributed by atoms with E-state index in [9.17, 15) is 9.59 Å². The summed E-state index contributed by atoms with van der Waals surface area (Å²) in [5, 5.41) is 13.5. The minimum absolute atomic E-state index is 0.0958. The van der Waals surface area contributed by atoms with Crippen LogP contribution in [0.1, 0.15) is 47.4 Å². The number of aromatic nitrogens is 2. The first-order chi connectivity index (χ1) is 16.4. The van der Waals surface area contributed by atoms with Gasteiger partial charge >= 0.3 is 6.03 Å². The van der Waals surface area contributed by atoms with Crippen LogP contribution in [0.4, 0.5) is 10.6 Å². The maximum Gasteiger partial charge on any atom is 0.318 e. The molecular formula is C26H30N6O2. The average molecular weight is 459 g/mol. The van der Waals surface area contributed by atoms with Gasteiger partial charge in [0.05, 0.1) is 17.8 Å². The molecule has 1 atom stereocenters. The molecular weight excluding hydrogens is 428 g/mol. The normalized spacial score (nSPS) is 19.1. The van der Waals surface area contributed by atoms with Gasteiger partial charge in [0.25, 0.3) is 5.91 Å². The second kappa shape index (κ2) is 8.95. The number of nitrogens with zero attached hydrogens (tertiary/aromatic N) is 3. The third kappa shape index (κ3) is 4.28. The van der Waals surface area contributed by atoms with E-state index < -0.39 is 5.54 Å². The lowest BCUT2D eigenvalue weighted by atomic mass is 10.0. The standard InChI is InChI=1S/C26H30N6O2/c1-26(2)22-21(23(30-29-22)28-24(33)19-11-7-4-8-12-19)17-32(26)25(34)27-20-13-14-31(16-20)15-18-9-5-3-6-10-18/h3-12,20H,13-17H2,1-2H3,(H,27,34)(H2,28,29,30,33). The van der Waals surface area contributed by atoms with Crippen LogP contribution in [0.5, 0.6) is 0 Å². The van der Waals surface area contributed by atoms with Crippen molar-refractivity contribution in [1.29, 1.82) is 0 Å². The lowest BCUT2D eigenvalue weighted by Crippen LogP contribution is -2.50. The molecule has 0 spiro atoms. The largest absolute Gasteiger partial charge is 0.334 e. The molecule has 0 radical (unpaired) electrons. The highest BCUT2D eigenvalue weighted by molar-refractivity contribution is 6.04. The molecule has 1 fully saturated rings. The lowest BCUT2D eigenvalue weighted by molar-refractivity contribution is 0.102. The van der Waals surface area contributed by atoms with E-state index in [1.807, 2.05) is 43.0 Å². The van der Waals surface area contributed by atoms with Crippen molar-refractivity contribution >= 4 is 17.8 Å². The number of likely N-dealkylation sites (tertiary alicyclic amines) is 1. The Morgan fingerprint density at radius 3 is 2.53 bits per heavy atom. The summed E-state index contributed by atoms with van der Waals surface area (Å²) in [6, 6.07) is 19.5. The van der Waals surface area contributed by atoms with E-state index in [0.29, 0.717) is 17.9 Å². The van der Waals surface area contributed by atoms with Crippen LogP contribution in [0.3, 0.4) is 0 Å². The van der Waals surface area contributed by atoms with Crippen LogP contribution in [0.15, 0.2) is 60.7 Å². The Morgan fingerprint density at radius 2 is 1.79 bits per heavy atom. The molecule has 2 aliphatic rings. The Morgan fingerprint density at radius 1 is 1.09 bits per heavy atom. The number of carbonyl (C=O) groups excluding carboxylic acids is 2. The molecule has 2 aliphatic heterocycles. The molecule has 2 aromatic carbocycles. The number of nitrogens with one attached hydrogen (secondary N) is 3. The molecule has 0 bridgehead atoms. The Balaban J connectivity index is 1.22. The summed E-state index contributed by atoms with van der Waals surface area (Å²) in [4.78, 5) is 30.1. The van der Waals surface area contributed by atoms with Crippen molar-refractivity contribution in [2.24, 2.45) is 0 Å². The minimum atomic E-state index is -0.565. The first-order valence-electron chi connectivity index (χ1n) is 11.7. The van der Waals surface area contributed by atoms with E-state index >= 15 is 0 Å². The number of amides is 3. The van der Waals surface area contributed by atoms with Gasteiger partial charge in [-0.25, -0.2) is 4.79 Å². The number of carbonyl (C=O) groups is 2. The van der Waals surface area contributed by atoms with Crippen LogP contribution in [-0.2, 0) is 18.6 Å². The van der Waals surface area contributed by atoms with Gasteiger partial charge in [-0.3, -0.25) is 14.8 Å². The molecule has 3 heterocycles. The summed E-state index contributed by atoms with van der Waals surface area (Å²) in [5.74, 6) is 0.252. The van der Waals surface area contributed by atoms with Crippen LogP contribution >= 0.6 is 0 Å². The number of anilines is 1. The summed E-state index contributed by atoms with van der Waals surface area (Å²) in [5.41, 5.74) is 2.98. The molecule has 0 saturated carbocycles. The Bertz CT molecular complexity index is 1170. The monoisotopic (exact) mass is 458 g/mol. The Hall–Kier alpha value is -3.65. The third-order valence-corrected chi connectivity index (χ3v) is 6.83. The van der Waals surface area contributed by atoms with Gasteiger partial charge < -0.3 is 15.5 Å². The van der Waals surface area contributed by atoms with E-state index in [1.54, 1.807) is 12.1 Å². The maximum absolute atomic E-state index is 13.3. The van der Waals surface area contributed by atoms with Crippen molar-refractivity contribution in [1.82, 2.24) is 25.3 Å². The summed E-state index contributed by atoms with van der Waals surface area (Å²) in [6.45, 7) is 7.06. The van der Waals surface area contributed by atoms with E-state index in [1.165, 1.54) is 5.56 Å². The summed E-state index contributed by atoms with van der Waals surface area (Å²) in [6.07, 6.45) is 0.929. The molecule has 1 aromatic heterocycles. The topological polar surface area (TPSA) is 93.4 Å². The predicted octanol–water partition coefficient (Wildman–Crippen LogP) is 3.70. The molecule has 0 aliphatic carbocycles. The highest BCUT2D eigenvalue weighted by atomic mass is 16.2. The highest BCUT2D eigenvalue weighted by Crippen LogP contribution is 2.40. The van der Waals surface area contributed by atoms with Crippen molar-refractivity contribution in [2.45, 2.75) is 44.9 Å². The molecule has 34 heavy (non-hydrogen) atoms. The fourth-order valence-electron chi connectivity index (χ4n) is 4.90. The average Bonchev–Trinajstić information content (AvgIpc) is 3.51. The van der Waals surface area contributed by atoms with Crippen molar-refractivity contribution in [2.75, 3.05) is 18.4 Å². The number of H-pyrrole nitrogens is 1. The second-order valence-electron chi connectivity index (χ2n) is 9.55. The first kappa shape index (κ1) is 22.2. The number of rotatable bonds is 5. The Kier molecular flexibility index (Phi) is 5.83. The molecule has 3 amide bonds. The fraction of sp³-hybridized carbons (Fsp3) is 0.346. The third-order valence-electron chi connectivity index (χ3n) is 6.83. The van der Waals surface area contributed by atoms with Gasteiger partial charge in [0, 0.05) is 36.8 Å². The van der Waals surface area contributed by atoms with Crippen molar-refractivity contribution in [3.63, 3.8) is 0 Å². The van der Waals surface area contributed by atoms with Gasteiger partial charge in [-0.15, -0.1) is 0 Å². The molecule has 3 aromatic rings. The lowest BCUT2D eigenvalue weighted by Gasteiger charge is -2.32. The molecule has 8 heteroatoms. The van der Waals surface area contributed by atoms with E-state index in [4.69, 9.17) is 0 Å². The minimum Gasteiger partial charge on any atom is -0.334 e. The summed E-state index contributed by atoms with van der Waals surface area (Å²) >= 11 is 0. The molecule has 5 rings (SSSR count). The number of aromatic amines is 1. The van der Waals surface area contributed by atoms with E-state index in [0.717, 1.165) is 37.3 Å². The maximum atomic E-state index is 13.3. The number of hydrogen-bond acceptors (Lipinski definition) is 4. The highest BCUT2D eigenvalue weighted by Gasteiger charge is 2.44. The Labute approximate surface area is 199 Å². The van der Waals surface area contributed by atoms with Crippen LogP contribution in [0.25, 0.3) is 0 Å². The summed E-state index contributed by atoms with van der Waals surface area (Å²) in [7, 11) is 0. The number of benzene rings is 2. The molecule has 1 unspecified atom stereocenters. The number of fused-ring (bicyclic) bond motifs is 1. The van der Waals surface area contributed by atoms with Crippen LogP contribution in [0.2, 0.25) is 0 Å². The van der Waals surface area contributed by atoms with Gasteiger partial charge in [-0.05, 0) is 38.0 Å². The van der Waals surface area contributed by atoms with Crippen LogP contribution in [0, 0.1) is 0 Å². The smallest absolute Gasteiger partial charge is 0.318 e. The van der Waals surface area contributed by atoms with Crippen LogP contribution < -0.4 is 10.6 Å². The van der Waals surface area contributed by atoms with E-state index in [2.05, 4.69) is 50.0 Å². The zero-order valence-corrected chi connectivity index (χ0v) is 19.5. The molecule has 176 valence electrons. The summed E-state index contributed by atoms with van der Waals surface area (Å²) < 4.78 is 0. The molecule has 8 nitrogen and oxygen atoms in total. The van der Waals surface area contributed by atoms with E-state index in [-0.39, 0.29) is 18.0 Å². The first-order valence-corrected chi connectivity index (χ1v) is 11.7. The quantitative estimate of drug-likeness (QED) is 0.544. The van der Waals surface area contributed by atoms with Crippen molar-refractivity contribution < 1.29 is 9.59 Å². The fourth-order valence-corrected chi connectivity index (χ4v) is 4.90. The zero-order chi connectivity index (χ0) is 23.7. The van der Waals surface area contributed by atoms with Crippen molar-refractivity contribution in [3.05, 3.63) is 83.0 Å².